The standard InChI is InChI=1S/C25H21ClO5/c1-2-3-7-19(27)23-18-6-4-5-8-20(18)31-25(23)16-9-11-17-15(13-16)10-12-21(24(17)26)30-14-22(28)29/h4-6,8-13H,2-3,7,14H2,1H3,(H,28,29). The summed E-state index contributed by atoms with van der Waals surface area (Å²) in [6, 6.07) is 16.6. The summed E-state index contributed by atoms with van der Waals surface area (Å²) in [5.41, 5.74) is 2.06. The molecule has 6 heteroatoms. The summed E-state index contributed by atoms with van der Waals surface area (Å²) in [6.07, 6.45) is 2.23. The average molecular weight is 437 g/mol. The van der Waals surface area contributed by atoms with Gasteiger partial charge < -0.3 is 14.3 Å². The number of hydrogen-bond donors (Lipinski definition) is 1. The second-order valence-electron chi connectivity index (χ2n) is 7.33. The van der Waals surface area contributed by atoms with Gasteiger partial charge in [-0.2, -0.15) is 0 Å². The van der Waals surface area contributed by atoms with E-state index < -0.39 is 12.6 Å². The van der Waals surface area contributed by atoms with Gasteiger partial charge in [-0.3, -0.25) is 4.79 Å². The third-order valence-electron chi connectivity index (χ3n) is 5.16. The van der Waals surface area contributed by atoms with Crippen molar-refractivity contribution in [2.24, 2.45) is 0 Å². The van der Waals surface area contributed by atoms with Gasteiger partial charge in [-0.05, 0) is 30.0 Å². The van der Waals surface area contributed by atoms with Crippen LogP contribution in [0.4, 0.5) is 0 Å². The quantitative estimate of drug-likeness (QED) is 0.309. The van der Waals surface area contributed by atoms with Crippen LogP contribution >= 0.6 is 11.6 Å². The van der Waals surface area contributed by atoms with Gasteiger partial charge >= 0.3 is 5.97 Å². The van der Waals surface area contributed by atoms with Crippen LogP contribution in [0.2, 0.25) is 5.02 Å². The van der Waals surface area contributed by atoms with Crippen LogP contribution in [0.1, 0.15) is 36.5 Å². The molecule has 1 N–H and O–H groups in total. The van der Waals surface area contributed by atoms with E-state index in [0.717, 1.165) is 34.6 Å². The van der Waals surface area contributed by atoms with Gasteiger partial charge in [0.1, 0.15) is 17.1 Å². The molecule has 0 spiro atoms. The number of fused-ring (bicyclic) bond motifs is 2. The number of benzene rings is 3. The Morgan fingerprint density at radius 3 is 2.65 bits per heavy atom. The van der Waals surface area contributed by atoms with E-state index in [4.69, 9.17) is 25.9 Å². The minimum atomic E-state index is -1.07. The molecule has 4 rings (SSSR count). The maximum Gasteiger partial charge on any atom is 0.341 e. The molecule has 158 valence electrons. The number of halogens is 1. The largest absolute Gasteiger partial charge is 0.480 e. The molecule has 0 aliphatic rings. The summed E-state index contributed by atoms with van der Waals surface area (Å²) in [7, 11) is 0. The fourth-order valence-corrected chi connectivity index (χ4v) is 3.94. The number of unbranched alkanes of at least 4 members (excludes halogenated alkanes) is 1. The van der Waals surface area contributed by atoms with Gasteiger partial charge in [0, 0.05) is 22.8 Å². The van der Waals surface area contributed by atoms with Crippen molar-refractivity contribution >= 4 is 45.1 Å². The molecular formula is C25H21ClO5. The number of carbonyl (C=O) groups excluding carboxylic acids is 1. The molecule has 1 heterocycles. The molecule has 0 saturated carbocycles. The third-order valence-corrected chi connectivity index (χ3v) is 5.55. The van der Waals surface area contributed by atoms with E-state index in [0.29, 0.717) is 34.1 Å². The van der Waals surface area contributed by atoms with E-state index in [1.54, 1.807) is 6.07 Å². The van der Waals surface area contributed by atoms with Crippen molar-refractivity contribution in [2.45, 2.75) is 26.2 Å². The minimum absolute atomic E-state index is 0.0670. The summed E-state index contributed by atoms with van der Waals surface area (Å²) >= 11 is 6.43. The lowest BCUT2D eigenvalue weighted by molar-refractivity contribution is -0.139. The van der Waals surface area contributed by atoms with Crippen LogP contribution < -0.4 is 4.74 Å². The molecular weight excluding hydrogens is 416 g/mol. The predicted molar refractivity (Wildman–Crippen MR) is 121 cm³/mol. The predicted octanol–water partition coefficient (Wildman–Crippen LogP) is 6.74. The van der Waals surface area contributed by atoms with Gasteiger partial charge in [0.15, 0.2) is 12.4 Å². The van der Waals surface area contributed by atoms with Crippen LogP contribution in [0.5, 0.6) is 5.75 Å². The highest BCUT2D eigenvalue weighted by Gasteiger charge is 2.22. The Morgan fingerprint density at radius 2 is 1.87 bits per heavy atom. The van der Waals surface area contributed by atoms with Gasteiger partial charge in [0.05, 0.1) is 10.6 Å². The van der Waals surface area contributed by atoms with E-state index in [2.05, 4.69) is 6.92 Å². The molecule has 4 aromatic rings. The number of rotatable bonds is 8. The van der Waals surface area contributed by atoms with Crippen molar-refractivity contribution in [1.82, 2.24) is 0 Å². The lowest BCUT2D eigenvalue weighted by Crippen LogP contribution is -2.09. The molecule has 31 heavy (non-hydrogen) atoms. The Balaban J connectivity index is 1.80. The second-order valence-corrected chi connectivity index (χ2v) is 7.70. The number of hydrogen-bond acceptors (Lipinski definition) is 4. The second kappa shape index (κ2) is 8.82. The van der Waals surface area contributed by atoms with Gasteiger partial charge in [-0.1, -0.05) is 61.3 Å². The number of Topliss-reactive ketones (excluding diaryl/α,β-unsaturated/α-hetero) is 1. The maximum atomic E-state index is 13.0. The average Bonchev–Trinajstić information content (AvgIpc) is 3.16. The molecule has 1 aromatic heterocycles. The maximum absolute atomic E-state index is 13.0. The monoisotopic (exact) mass is 436 g/mol. The van der Waals surface area contributed by atoms with E-state index in [1.165, 1.54) is 0 Å². The van der Waals surface area contributed by atoms with E-state index >= 15 is 0 Å². The summed E-state index contributed by atoms with van der Waals surface area (Å²) in [5, 5.41) is 11.5. The van der Waals surface area contributed by atoms with Crippen molar-refractivity contribution < 1.29 is 23.8 Å². The number of carboxylic acid groups (broad SMARTS) is 1. The number of ether oxygens (including phenoxy) is 1. The van der Waals surface area contributed by atoms with Crippen molar-refractivity contribution in [3.8, 4) is 17.1 Å². The molecule has 5 nitrogen and oxygen atoms in total. The highest BCUT2D eigenvalue weighted by Crippen LogP contribution is 2.38. The summed E-state index contributed by atoms with van der Waals surface area (Å²) in [5.74, 6) is -0.149. The van der Waals surface area contributed by atoms with Gasteiger partial charge in [0.25, 0.3) is 0 Å². The first kappa shape index (κ1) is 20.9. The van der Waals surface area contributed by atoms with Gasteiger partial charge in [-0.25, -0.2) is 4.79 Å². The zero-order valence-electron chi connectivity index (χ0n) is 17.0. The van der Waals surface area contributed by atoms with Crippen LogP contribution in [-0.4, -0.2) is 23.5 Å². The first-order chi connectivity index (χ1) is 15.0. The molecule has 0 aliphatic heterocycles. The number of carbonyl (C=O) groups is 2. The Labute approximate surface area is 184 Å². The van der Waals surface area contributed by atoms with E-state index in [9.17, 15) is 9.59 Å². The fraction of sp³-hybridized carbons (Fsp3) is 0.200. The van der Waals surface area contributed by atoms with Crippen LogP contribution in [0.25, 0.3) is 33.1 Å². The fourth-order valence-electron chi connectivity index (χ4n) is 3.65. The minimum Gasteiger partial charge on any atom is -0.480 e. The number of furan rings is 1. The van der Waals surface area contributed by atoms with Crippen molar-refractivity contribution in [1.29, 1.82) is 0 Å². The van der Waals surface area contributed by atoms with Crippen molar-refractivity contribution in [3.63, 3.8) is 0 Å². The van der Waals surface area contributed by atoms with Crippen molar-refractivity contribution in [2.75, 3.05) is 6.61 Å². The van der Waals surface area contributed by atoms with Crippen LogP contribution in [0.15, 0.2) is 59.0 Å². The number of ketones is 1. The van der Waals surface area contributed by atoms with Crippen molar-refractivity contribution in [3.05, 3.63) is 65.2 Å². The Kier molecular flexibility index (Phi) is 5.96. The molecule has 0 aliphatic carbocycles. The lowest BCUT2D eigenvalue weighted by atomic mass is 9.97. The zero-order chi connectivity index (χ0) is 22.0. The SMILES string of the molecule is CCCCC(=O)c1c(-c2ccc3c(Cl)c(OCC(=O)O)ccc3c2)oc2ccccc12. The number of carboxylic acids is 1. The first-order valence-corrected chi connectivity index (χ1v) is 10.5. The highest BCUT2D eigenvalue weighted by molar-refractivity contribution is 6.37. The first-order valence-electron chi connectivity index (χ1n) is 10.1. The van der Waals surface area contributed by atoms with Crippen LogP contribution in [-0.2, 0) is 4.79 Å². The third kappa shape index (κ3) is 4.14. The Bertz CT molecular complexity index is 1290. The molecule has 0 unspecified atom stereocenters. The molecule has 0 saturated heterocycles. The number of para-hydroxylation sites is 1. The van der Waals surface area contributed by atoms with E-state index in [1.807, 2.05) is 48.5 Å². The smallest absolute Gasteiger partial charge is 0.341 e. The molecule has 3 aromatic carbocycles. The highest BCUT2D eigenvalue weighted by atomic mass is 35.5. The van der Waals surface area contributed by atoms with Gasteiger partial charge in [0.2, 0.25) is 0 Å². The lowest BCUT2D eigenvalue weighted by Gasteiger charge is -2.10. The molecule has 0 fully saturated rings. The Hall–Kier alpha value is -3.31. The van der Waals surface area contributed by atoms with Gasteiger partial charge in [-0.15, -0.1) is 0 Å². The Morgan fingerprint density at radius 1 is 1.06 bits per heavy atom. The van der Waals surface area contributed by atoms with Crippen LogP contribution in [0, 0.1) is 0 Å². The molecule has 0 atom stereocenters. The zero-order valence-corrected chi connectivity index (χ0v) is 17.7. The topological polar surface area (TPSA) is 76.7 Å². The normalized spacial score (nSPS) is 11.2. The van der Waals surface area contributed by atoms with Crippen LogP contribution in [0.3, 0.4) is 0 Å². The summed E-state index contributed by atoms with van der Waals surface area (Å²) in [6.45, 7) is 1.59. The van der Waals surface area contributed by atoms with E-state index in [-0.39, 0.29) is 5.78 Å². The molecule has 0 bridgehead atoms. The summed E-state index contributed by atoms with van der Waals surface area (Å²) < 4.78 is 11.4. The number of aliphatic carboxylic acids is 1. The molecule has 0 amide bonds. The molecule has 0 radical (unpaired) electrons. The summed E-state index contributed by atoms with van der Waals surface area (Å²) in [4.78, 5) is 23.8.